The van der Waals surface area contributed by atoms with Gasteiger partial charge in [0.25, 0.3) is 0 Å². The van der Waals surface area contributed by atoms with Crippen LogP contribution in [0, 0.1) is 17.8 Å². The Morgan fingerprint density at radius 2 is 0.960 bits per heavy atom. The first-order valence-electron chi connectivity index (χ1n) is 8.65. The summed E-state index contributed by atoms with van der Waals surface area (Å²) >= 11 is 0. The fraction of sp³-hybridized carbons (Fsp3) is 0.737. The maximum Gasteiger partial charge on any atom is 0.214 e. The summed E-state index contributed by atoms with van der Waals surface area (Å²) in [5.74, 6) is 1.32. The zero-order chi connectivity index (χ0) is 19.8. The number of aliphatic hydroxyl groups is 3. The molecule has 0 aliphatic carbocycles. The smallest absolute Gasteiger partial charge is 0.214 e. The molecule has 0 saturated heterocycles. The second kappa shape index (κ2) is 20.6. The molecule has 0 atom stereocenters. The van der Waals surface area contributed by atoms with E-state index in [1.807, 2.05) is 65.8 Å². The van der Waals surface area contributed by atoms with E-state index in [0.717, 1.165) is 5.19 Å². The van der Waals surface area contributed by atoms with Gasteiger partial charge < -0.3 is 19.4 Å². The summed E-state index contributed by atoms with van der Waals surface area (Å²) in [6.45, 7) is 16.1. The minimum Gasteiger partial charge on any atom is -0.396 e. The monoisotopic (exact) mass is 453 g/mol. The van der Waals surface area contributed by atoms with Gasteiger partial charge in [-0.15, -0.1) is 5.19 Å². The first-order valence-corrected chi connectivity index (χ1v) is 11.5. The van der Waals surface area contributed by atoms with Crippen LogP contribution in [-0.4, -0.2) is 43.5 Å². The molecule has 3 N–H and O–H groups in total. The molecule has 0 saturated carbocycles. The summed E-state index contributed by atoms with van der Waals surface area (Å²) in [7, 11) is -2.48. The topological polar surface area (TPSA) is 60.7 Å². The van der Waals surface area contributed by atoms with Crippen molar-refractivity contribution in [2.75, 3.05) is 19.8 Å². The number of rotatable bonds is 4. The van der Waals surface area contributed by atoms with Gasteiger partial charge in [0.2, 0.25) is 8.41 Å². The van der Waals surface area contributed by atoms with Crippen LogP contribution in [0.5, 0.6) is 0 Å². The molecule has 0 aromatic heterocycles. The van der Waals surface area contributed by atoms with E-state index >= 15 is 0 Å². The van der Waals surface area contributed by atoms with Crippen LogP contribution in [0.15, 0.2) is 24.3 Å². The normalized spacial score (nSPS) is 10.0. The van der Waals surface area contributed by atoms with Gasteiger partial charge in [-0.3, -0.25) is 0 Å². The number of hydrogen-bond donors (Lipinski definition) is 3. The first kappa shape index (κ1) is 32.9. The fourth-order valence-corrected chi connectivity index (χ4v) is 1.76. The average Bonchev–Trinajstić information content (AvgIpc) is 3.03. The molecular weight excluding hydrogens is 415 g/mol. The Balaban J connectivity index is -0.000000122. The van der Waals surface area contributed by atoms with Gasteiger partial charge in [-0.1, -0.05) is 41.5 Å². The van der Waals surface area contributed by atoms with Crippen molar-refractivity contribution in [3.63, 3.8) is 0 Å². The van der Waals surface area contributed by atoms with Gasteiger partial charge >= 0.3 is 0 Å². The molecule has 0 heterocycles. The zero-order valence-electron chi connectivity index (χ0n) is 17.4. The third-order valence-corrected chi connectivity index (χ3v) is 4.15. The molecule has 3 nitrogen and oxygen atoms in total. The van der Waals surface area contributed by atoms with E-state index in [1.165, 1.54) is 0 Å². The quantitative estimate of drug-likeness (QED) is 0.369. The minimum absolute atomic E-state index is 0. The van der Waals surface area contributed by atoms with Gasteiger partial charge in [-0.2, -0.15) is 12.1 Å². The van der Waals surface area contributed by atoms with E-state index in [-0.39, 0.29) is 26.2 Å². The van der Waals surface area contributed by atoms with E-state index in [4.69, 9.17) is 15.3 Å². The van der Waals surface area contributed by atoms with E-state index < -0.39 is 8.41 Å². The SMILES string of the molecule is CC(C)CO.CC(C)CO.CC(C)CO.C[Si](C)(F)[c-]1cccc1.[Zr]. The summed E-state index contributed by atoms with van der Waals surface area (Å²) in [5, 5.41) is 25.3. The van der Waals surface area contributed by atoms with Crippen LogP contribution in [0.1, 0.15) is 41.5 Å². The van der Waals surface area contributed by atoms with Crippen LogP contribution in [0.25, 0.3) is 0 Å². The molecule has 1 rings (SSSR count). The van der Waals surface area contributed by atoms with Crippen molar-refractivity contribution >= 4 is 13.6 Å². The summed E-state index contributed by atoms with van der Waals surface area (Å²) < 4.78 is 13.1. The van der Waals surface area contributed by atoms with Crippen molar-refractivity contribution in [2.45, 2.75) is 54.6 Å². The van der Waals surface area contributed by atoms with Crippen LogP contribution in [0.3, 0.4) is 0 Å². The molecule has 0 amide bonds. The molecule has 0 spiro atoms. The van der Waals surface area contributed by atoms with Crippen molar-refractivity contribution in [1.29, 1.82) is 0 Å². The summed E-state index contributed by atoms with van der Waals surface area (Å²) in [6.07, 6.45) is 0. The van der Waals surface area contributed by atoms with Crippen LogP contribution in [-0.2, 0) is 26.2 Å². The van der Waals surface area contributed by atoms with Gasteiger partial charge in [0.15, 0.2) is 0 Å². The molecule has 0 aliphatic rings. The maximum atomic E-state index is 13.1. The van der Waals surface area contributed by atoms with E-state index in [0.29, 0.717) is 37.6 Å². The molecule has 0 aliphatic heterocycles. The second-order valence-electron chi connectivity index (χ2n) is 7.38. The van der Waals surface area contributed by atoms with E-state index in [1.54, 1.807) is 13.1 Å². The van der Waals surface area contributed by atoms with Crippen molar-refractivity contribution in [1.82, 2.24) is 0 Å². The number of halogens is 1. The van der Waals surface area contributed by atoms with Crippen LogP contribution in [0.4, 0.5) is 4.11 Å². The predicted octanol–water partition coefficient (Wildman–Crippen LogP) is 3.69. The Hall–Kier alpha value is 0.260. The third kappa shape index (κ3) is 32.4. The number of hydrogen-bond acceptors (Lipinski definition) is 3. The average molecular weight is 455 g/mol. The van der Waals surface area contributed by atoms with Crippen LogP contribution in [0.2, 0.25) is 13.1 Å². The summed E-state index contributed by atoms with van der Waals surface area (Å²) in [4.78, 5) is 0. The molecule has 0 fully saturated rings. The van der Waals surface area contributed by atoms with Gasteiger partial charge in [0.05, 0.1) is 0 Å². The molecule has 0 bridgehead atoms. The standard InChI is InChI=1S/C7H10FSi.3C4H10O.Zr/c1-9(2,8)7-5-3-4-6-7;3*1-4(2)3-5;/h3-6H,1-2H3;3*4-5H,3H2,1-2H3;/q-1;;;;. The molecule has 1 aromatic carbocycles. The molecular formula is C19H40FO3SiZr-. The molecule has 1 aromatic rings. The fourth-order valence-electron chi connectivity index (χ4n) is 0.770. The third-order valence-electron chi connectivity index (χ3n) is 2.44. The van der Waals surface area contributed by atoms with Gasteiger partial charge in [0, 0.05) is 46.0 Å². The number of aliphatic hydroxyl groups excluding tert-OH is 3. The molecule has 6 heteroatoms. The minimum atomic E-state index is -2.48. The van der Waals surface area contributed by atoms with Gasteiger partial charge in [-0.25, -0.2) is 12.1 Å². The van der Waals surface area contributed by atoms with Crippen molar-refractivity contribution in [3.8, 4) is 0 Å². The van der Waals surface area contributed by atoms with Crippen molar-refractivity contribution in [3.05, 3.63) is 24.3 Å². The van der Waals surface area contributed by atoms with Gasteiger partial charge in [-0.05, 0) is 30.8 Å². The summed E-state index contributed by atoms with van der Waals surface area (Å²) in [5.41, 5.74) is 0. The first-order chi connectivity index (χ1) is 10.9. The predicted molar refractivity (Wildman–Crippen MR) is 106 cm³/mol. The van der Waals surface area contributed by atoms with Crippen LogP contribution < -0.4 is 5.19 Å². The van der Waals surface area contributed by atoms with E-state index in [9.17, 15) is 4.11 Å². The largest absolute Gasteiger partial charge is 0.396 e. The Morgan fingerprint density at radius 1 is 0.760 bits per heavy atom. The second-order valence-corrected chi connectivity index (χ2v) is 10.9. The zero-order valence-corrected chi connectivity index (χ0v) is 20.8. The Kier molecular flexibility index (Phi) is 27.1. The van der Waals surface area contributed by atoms with Crippen molar-refractivity contribution in [2.24, 2.45) is 17.8 Å². The molecule has 150 valence electrons. The van der Waals surface area contributed by atoms with Crippen LogP contribution >= 0.6 is 0 Å². The Morgan fingerprint density at radius 3 is 1.04 bits per heavy atom. The summed E-state index contributed by atoms with van der Waals surface area (Å²) in [6, 6.07) is 7.46. The Labute approximate surface area is 175 Å². The molecule has 0 radical (unpaired) electrons. The van der Waals surface area contributed by atoms with Gasteiger partial charge in [0.1, 0.15) is 0 Å². The van der Waals surface area contributed by atoms with E-state index in [2.05, 4.69) is 0 Å². The molecule has 0 unspecified atom stereocenters. The Bertz CT molecular complexity index is 318. The van der Waals surface area contributed by atoms with Crippen molar-refractivity contribution < 1.29 is 45.6 Å². The molecule has 25 heavy (non-hydrogen) atoms. The maximum absolute atomic E-state index is 13.1.